The maximum absolute atomic E-state index is 12.0. The Morgan fingerprint density at radius 3 is 2.76 bits per heavy atom. The quantitative estimate of drug-likeness (QED) is 0.821. The Morgan fingerprint density at radius 2 is 2.24 bits per heavy atom. The van der Waals surface area contributed by atoms with Crippen LogP contribution in [0.15, 0.2) is 18.3 Å². The van der Waals surface area contributed by atoms with Crippen molar-refractivity contribution < 1.29 is 4.79 Å². The van der Waals surface area contributed by atoms with Crippen molar-refractivity contribution >= 4 is 17.5 Å². The molecule has 1 aromatic rings. The minimum atomic E-state index is -0.119. The number of carbonyl (C=O) groups excluding carboxylic acids is 1. The third kappa shape index (κ3) is 4.00. The number of aryl methyl sites for hydroxylation is 1. The van der Waals surface area contributed by atoms with E-state index in [1.807, 2.05) is 19.1 Å². The summed E-state index contributed by atoms with van der Waals surface area (Å²) < 4.78 is 0. The van der Waals surface area contributed by atoms with Gasteiger partial charge in [0, 0.05) is 18.1 Å². The summed E-state index contributed by atoms with van der Waals surface area (Å²) in [6.07, 6.45) is 2.41. The van der Waals surface area contributed by atoms with E-state index in [4.69, 9.17) is 11.6 Å². The van der Waals surface area contributed by atoms with Gasteiger partial charge in [0.15, 0.2) is 0 Å². The lowest BCUT2D eigenvalue weighted by molar-refractivity contribution is 0.0919. The fraction of sp³-hybridized carbons (Fsp3) is 0.538. The Labute approximate surface area is 108 Å². The summed E-state index contributed by atoms with van der Waals surface area (Å²) in [5.74, 6) is 0.790. The van der Waals surface area contributed by atoms with E-state index in [1.165, 1.54) is 0 Å². The van der Waals surface area contributed by atoms with Crippen molar-refractivity contribution in [2.45, 2.75) is 33.2 Å². The fourth-order valence-corrected chi connectivity index (χ4v) is 1.88. The van der Waals surface area contributed by atoms with Gasteiger partial charge in [-0.05, 0) is 30.9 Å². The Balaban J connectivity index is 2.74. The number of hydrogen-bond donors (Lipinski definition) is 1. The largest absolute Gasteiger partial charge is 0.348 e. The van der Waals surface area contributed by atoms with Gasteiger partial charge in [-0.3, -0.25) is 9.78 Å². The molecule has 1 heterocycles. The normalized spacial score (nSPS) is 12.5. The van der Waals surface area contributed by atoms with Crippen LogP contribution in [0, 0.1) is 12.8 Å². The zero-order valence-corrected chi connectivity index (χ0v) is 11.3. The lowest BCUT2D eigenvalue weighted by Gasteiger charge is -2.21. The van der Waals surface area contributed by atoms with Gasteiger partial charge in [-0.1, -0.05) is 19.9 Å². The zero-order chi connectivity index (χ0) is 12.8. The van der Waals surface area contributed by atoms with Crippen LogP contribution in [0.4, 0.5) is 0 Å². The minimum Gasteiger partial charge on any atom is -0.348 e. The van der Waals surface area contributed by atoms with Crippen LogP contribution in [0.25, 0.3) is 0 Å². The van der Waals surface area contributed by atoms with Crippen LogP contribution in [0.2, 0.25) is 0 Å². The molecule has 0 aromatic carbocycles. The van der Waals surface area contributed by atoms with Crippen molar-refractivity contribution in [3.05, 3.63) is 29.6 Å². The molecule has 1 unspecified atom stereocenters. The second kappa shape index (κ2) is 6.60. The standard InChI is InChI=1S/C13H19ClN2O/c1-9(2)11(6-7-14)16-13(17)12-10(3)5-4-8-15-12/h4-5,8-9,11H,6-7H2,1-3H3,(H,16,17). The Morgan fingerprint density at radius 1 is 1.53 bits per heavy atom. The lowest BCUT2D eigenvalue weighted by atomic mass is 10.0. The predicted octanol–water partition coefficient (Wildman–Crippen LogP) is 2.77. The second-order valence-electron chi connectivity index (χ2n) is 4.47. The molecule has 0 bridgehead atoms. The molecule has 1 amide bonds. The van der Waals surface area contributed by atoms with Gasteiger partial charge < -0.3 is 5.32 Å². The average Bonchev–Trinajstić information content (AvgIpc) is 2.28. The van der Waals surface area contributed by atoms with Gasteiger partial charge in [0.05, 0.1) is 0 Å². The molecule has 0 spiro atoms. The van der Waals surface area contributed by atoms with E-state index in [2.05, 4.69) is 24.1 Å². The number of nitrogens with zero attached hydrogens (tertiary/aromatic N) is 1. The van der Waals surface area contributed by atoms with Gasteiger partial charge in [0.2, 0.25) is 0 Å². The third-order valence-electron chi connectivity index (χ3n) is 2.77. The van der Waals surface area contributed by atoms with E-state index in [0.29, 0.717) is 17.5 Å². The van der Waals surface area contributed by atoms with Crippen LogP contribution in [0.3, 0.4) is 0 Å². The van der Waals surface area contributed by atoms with Crippen LogP contribution >= 0.6 is 11.6 Å². The van der Waals surface area contributed by atoms with Crippen LogP contribution < -0.4 is 5.32 Å². The van der Waals surface area contributed by atoms with Crippen molar-refractivity contribution in [2.24, 2.45) is 5.92 Å². The lowest BCUT2D eigenvalue weighted by Crippen LogP contribution is -2.39. The SMILES string of the molecule is Cc1cccnc1C(=O)NC(CCCl)C(C)C. The minimum absolute atomic E-state index is 0.0985. The Hall–Kier alpha value is -1.09. The summed E-state index contributed by atoms with van der Waals surface area (Å²) in [5, 5.41) is 2.99. The second-order valence-corrected chi connectivity index (χ2v) is 4.85. The van der Waals surface area contributed by atoms with Crippen LogP contribution in [-0.2, 0) is 0 Å². The number of rotatable bonds is 5. The van der Waals surface area contributed by atoms with Gasteiger partial charge in [-0.15, -0.1) is 11.6 Å². The summed E-state index contributed by atoms with van der Waals surface area (Å²) >= 11 is 5.73. The molecular formula is C13H19ClN2O. The van der Waals surface area contributed by atoms with Crippen molar-refractivity contribution in [2.75, 3.05) is 5.88 Å². The van der Waals surface area contributed by atoms with Crippen molar-refractivity contribution in [1.82, 2.24) is 10.3 Å². The number of halogens is 1. The molecule has 0 aliphatic carbocycles. The van der Waals surface area contributed by atoms with Crippen molar-refractivity contribution in [1.29, 1.82) is 0 Å². The topological polar surface area (TPSA) is 42.0 Å². The van der Waals surface area contributed by atoms with Gasteiger partial charge in [-0.25, -0.2) is 0 Å². The third-order valence-corrected chi connectivity index (χ3v) is 2.98. The van der Waals surface area contributed by atoms with E-state index in [0.717, 1.165) is 12.0 Å². The number of hydrogen-bond acceptors (Lipinski definition) is 2. The van der Waals surface area contributed by atoms with E-state index in [1.54, 1.807) is 6.20 Å². The molecular weight excluding hydrogens is 236 g/mol. The maximum atomic E-state index is 12.0. The van der Waals surface area contributed by atoms with Gasteiger partial charge in [0.25, 0.3) is 5.91 Å². The molecule has 0 radical (unpaired) electrons. The molecule has 0 aliphatic heterocycles. The number of nitrogens with one attached hydrogen (secondary N) is 1. The first kappa shape index (κ1) is 14.0. The van der Waals surface area contributed by atoms with E-state index >= 15 is 0 Å². The molecule has 1 aromatic heterocycles. The number of amides is 1. The van der Waals surface area contributed by atoms with E-state index in [9.17, 15) is 4.79 Å². The number of alkyl halides is 1. The highest BCUT2D eigenvalue weighted by atomic mass is 35.5. The molecule has 0 fully saturated rings. The van der Waals surface area contributed by atoms with Crippen LogP contribution in [-0.4, -0.2) is 22.8 Å². The first-order valence-corrected chi connectivity index (χ1v) is 6.38. The van der Waals surface area contributed by atoms with Gasteiger partial charge >= 0.3 is 0 Å². The van der Waals surface area contributed by atoms with E-state index in [-0.39, 0.29) is 11.9 Å². The molecule has 4 heteroatoms. The van der Waals surface area contributed by atoms with E-state index < -0.39 is 0 Å². The summed E-state index contributed by atoms with van der Waals surface area (Å²) in [6, 6.07) is 3.81. The smallest absolute Gasteiger partial charge is 0.270 e. The molecule has 0 aliphatic rings. The highest BCUT2D eigenvalue weighted by Crippen LogP contribution is 2.09. The molecule has 1 N–H and O–H groups in total. The average molecular weight is 255 g/mol. The highest BCUT2D eigenvalue weighted by Gasteiger charge is 2.18. The summed E-state index contributed by atoms with van der Waals surface area (Å²) in [6.45, 7) is 6.03. The number of aromatic nitrogens is 1. The predicted molar refractivity (Wildman–Crippen MR) is 70.4 cm³/mol. The van der Waals surface area contributed by atoms with Crippen molar-refractivity contribution in [3.63, 3.8) is 0 Å². The first-order chi connectivity index (χ1) is 8.06. The van der Waals surface area contributed by atoms with Crippen LogP contribution in [0.5, 0.6) is 0 Å². The maximum Gasteiger partial charge on any atom is 0.270 e. The molecule has 1 atom stereocenters. The summed E-state index contributed by atoms with van der Waals surface area (Å²) in [5.41, 5.74) is 1.38. The highest BCUT2D eigenvalue weighted by molar-refractivity contribution is 6.17. The van der Waals surface area contributed by atoms with Crippen molar-refractivity contribution in [3.8, 4) is 0 Å². The first-order valence-electron chi connectivity index (χ1n) is 5.84. The Kier molecular flexibility index (Phi) is 5.42. The number of pyridine rings is 1. The summed E-state index contributed by atoms with van der Waals surface area (Å²) in [7, 11) is 0. The molecule has 17 heavy (non-hydrogen) atoms. The van der Waals surface area contributed by atoms with Gasteiger partial charge in [-0.2, -0.15) is 0 Å². The molecule has 0 saturated heterocycles. The fourth-order valence-electron chi connectivity index (χ4n) is 1.65. The molecule has 94 valence electrons. The Bertz CT molecular complexity index is 379. The molecule has 3 nitrogen and oxygen atoms in total. The molecule has 1 rings (SSSR count). The monoisotopic (exact) mass is 254 g/mol. The van der Waals surface area contributed by atoms with Gasteiger partial charge in [0.1, 0.15) is 5.69 Å². The van der Waals surface area contributed by atoms with Crippen LogP contribution in [0.1, 0.15) is 36.3 Å². The zero-order valence-electron chi connectivity index (χ0n) is 10.5. The molecule has 0 saturated carbocycles. The number of carbonyl (C=O) groups is 1. The summed E-state index contributed by atoms with van der Waals surface area (Å²) in [4.78, 5) is 16.1.